The summed E-state index contributed by atoms with van der Waals surface area (Å²) in [6.45, 7) is 0. The Morgan fingerprint density at radius 2 is 2.04 bits per heavy atom. The summed E-state index contributed by atoms with van der Waals surface area (Å²) in [6.07, 6.45) is 3.49. The number of nitrogens with zero attached hydrogens (tertiary/aromatic N) is 3. The van der Waals surface area contributed by atoms with E-state index >= 15 is 0 Å². The maximum Gasteiger partial charge on any atom is 0.170 e. The van der Waals surface area contributed by atoms with Crippen molar-refractivity contribution in [2.75, 3.05) is 0 Å². The molecule has 1 aromatic carbocycles. The Hall–Kier alpha value is -2.79. The van der Waals surface area contributed by atoms with Crippen molar-refractivity contribution >= 4 is 34.6 Å². The molecule has 0 unspecified atom stereocenters. The van der Waals surface area contributed by atoms with Gasteiger partial charge in [-0.2, -0.15) is 5.26 Å². The van der Waals surface area contributed by atoms with Crippen LogP contribution in [-0.4, -0.2) is 8.96 Å². The molecule has 3 heterocycles. The van der Waals surface area contributed by atoms with Gasteiger partial charge in [0.2, 0.25) is 0 Å². The third-order valence-corrected chi connectivity index (χ3v) is 5.01. The summed E-state index contributed by atoms with van der Waals surface area (Å²) in [5, 5.41) is 12.2. The molecule has 0 N–H and O–H groups in total. The van der Waals surface area contributed by atoms with Crippen molar-refractivity contribution in [3.63, 3.8) is 0 Å². The summed E-state index contributed by atoms with van der Waals surface area (Å²) >= 11 is 2.60. The maximum absolute atomic E-state index is 9.40. The smallest absolute Gasteiger partial charge is 0.170 e. The standard InChI is InChI=1S/C18H11N3O2S2/c19-10-14-12-21(25-23-22-15-5-2-1-3-6-15)18-16(14)9-13(11-20-18)17-7-4-8-24-17/h1-9,11-12H. The molecule has 3 aromatic heterocycles. The van der Waals surface area contributed by atoms with Gasteiger partial charge in [-0.05, 0) is 29.6 Å². The first-order valence-corrected chi connectivity index (χ1v) is 8.95. The number of aromatic nitrogens is 2. The van der Waals surface area contributed by atoms with E-state index in [0.29, 0.717) is 17.0 Å². The first-order chi connectivity index (χ1) is 12.3. The molecule has 122 valence electrons. The van der Waals surface area contributed by atoms with E-state index in [-0.39, 0.29) is 0 Å². The summed E-state index contributed by atoms with van der Waals surface area (Å²) in [5.41, 5.74) is 2.18. The first-order valence-electron chi connectivity index (χ1n) is 7.37. The molecule has 7 heteroatoms. The Morgan fingerprint density at radius 1 is 1.16 bits per heavy atom. The van der Waals surface area contributed by atoms with E-state index in [9.17, 15) is 5.26 Å². The van der Waals surface area contributed by atoms with E-state index in [0.717, 1.165) is 28.1 Å². The van der Waals surface area contributed by atoms with Crippen molar-refractivity contribution in [1.82, 2.24) is 8.96 Å². The molecule has 25 heavy (non-hydrogen) atoms. The molecule has 0 saturated carbocycles. The highest BCUT2D eigenvalue weighted by atomic mass is 32.2. The van der Waals surface area contributed by atoms with E-state index in [1.165, 1.54) is 0 Å². The van der Waals surface area contributed by atoms with Crippen LogP contribution in [0.15, 0.2) is 66.3 Å². The number of para-hydroxylation sites is 1. The van der Waals surface area contributed by atoms with Crippen molar-refractivity contribution in [3.05, 3.63) is 71.9 Å². The predicted molar refractivity (Wildman–Crippen MR) is 98.9 cm³/mol. The molecule has 5 nitrogen and oxygen atoms in total. The number of hydrogen-bond acceptors (Lipinski definition) is 6. The van der Waals surface area contributed by atoms with Gasteiger partial charge < -0.3 is 4.89 Å². The molecule has 0 saturated heterocycles. The normalized spacial score (nSPS) is 10.7. The highest BCUT2D eigenvalue weighted by Gasteiger charge is 2.13. The summed E-state index contributed by atoms with van der Waals surface area (Å²) in [6, 6.07) is 17.4. The molecular formula is C18H11N3O2S2. The molecule has 0 amide bonds. The average Bonchev–Trinajstić information content (AvgIpc) is 3.30. The Bertz CT molecular complexity index is 1040. The SMILES string of the molecule is N#Cc1cn(SOOc2ccccc2)c2ncc(-c3cccs3)cc12. The van der Waals surface area contributed by atoms with Crippen LogP contribution in [0.1, 0.15) is 5.56 Å². The Balaban J connectivity index is 1.60. The number of thiophene rings is 1. The molecule has 0 atom stereocenters. The van der Waals surface area contributed by atoms with Crippen LogP contribution >= 0.6 is 23.6 Å². The lowest BCUT2D eigenvalue weighted by atomic mass is 10.1. The highest BCUT2D eigenvalue weighted by Crippen LogP contribution is 2.30. The summed E-state index contributed by atoms with van der Waals surface area (Å²) in [7, 11) is 0. The van der Waals surface area contributed by atoms with Crippen LogP contribution in [0.25, 0.3) is 21.5 Å². The Morgan fingerprint density at radius 3 is 2.80 bits per heavy atom. The van der Waals surface area contributed by atoms with Gasteiger partial charge in [-0.3, -0.25) is 0 Å². The Kier molecular flexibility index (Phi) is 4.39. The minimum Gasteiger partial charge on any atom is -0.324 e. The van der Waals surface area contributed by atoms with E-state index in [4.69, 9.17) is 9.22 Å². The van der Waals surface area contributed by atoms with Crippen molar-refractivity contribution < 1.29 is 9.22 Å². The zero-order valence-electron chi connectivity index (χ0n) is 12.8. The molecule has 0 aliphatic heterocycles. The van der Waals surface area contributed by atoms with Gasteiger partial charge in [0.25, 0.3) is 0 Å². The number of pyridine rings is 1. The van der Waals surface area contributed by atoms with Gasteiger partial charge in [-0.15, -0.1) is 11.3 Å². The zero-order chi connectivity index (χ0) is 17.1. The Labute approximate surface area is 152 Å². The van der Waals surface area contributed by atoms with Crippen LogP contribution in [0.2, 0.25) is 0 Å². The van der Waals surface area contributed by atoms with Crippen molar-refractivity contribution in [2.45, 2.75) is 0 Å². The minimum absolute atomic E-state index is 0.539. The zero-order valence-corrected chi connectivity index (χ0v) is 14.5. The van der Waals surface area contributed by atoms with Gasteiger partial charge >= 0.3 is 0 Å². The number of nitriles is 1. The molecule has 0 aliphatic rings. The van der Waals surface area contributed by atoms with Crippen LogP contribution in [0, 0.1) is 11.3 Å². The fourth-order valence-electron chi connectivity index (χ4n) is 2.37. The average molecular weight is 365 g/mol. The summed E-state index contributed by atoms with van der Waals surface area (Å²) in [4.78, 5) is 10.8. The van der Waals surface area contributed by atoms with Gasteiger partial charge in [0, 0.05) is 28.2 Å². The highest BCUT2D eigenvalue weighted by molar-refractivity contribution is 7.93. The lowest BCUT2D eigenvalue weighted by Gasteiger charge is -2.04. The first kappa shape index (κ1) is 15.7. The van der Waals surface area contributed by atoms with Crippen molar-refractivity contribution in [1.29, 1.82) is 5.26 Å². The second kappa shape index (κ2) is 6.99. The largest absolute Gasteiger partial charge is 0.324 e. The van der Waals surface area contributed by atoms with Crippen LogP contribution in [-0.2, 0) is 4.33 Å². The fraction of sp³-hybridized carbons (Fsp3) is 0. The third-order valence-electron chi connectivity index (χ3n) is 3.52. The van der Waals surface area contributed by atoms with E-state index < -0.39 is 0 Å². The second-order valence-corrected chi connectivity index (χ2v) is 6.72. The predicted octanol–water partition coefficient (Wildman–Crippen LogP) is 5.06. The van der Waals surface area contributed by atoms with Gasteiger partial charge in [0.1, 0.15) is 6.07 Å². The van der Waals surface area contributed by atoms with E-state index in [1.807, 2.05) is 41.8 Å². The molecule has 4 rings (SSSR count). The van der Waals surface area contributed by atoms with Crippen molar-refractivity contribution in [2.24, 2.45) is 0 Å². The topological polar surface area (TPSA) is 60.1 Å². The number of fused-ring (bicyclic) bond motifs is 1. The maximum atomic E-state index is 9.40. The molecule has 0 radical (unpaired) electrons. The monoisotopic (exact) mass is 365 g/mol. The number of hydrogen-bond donors (Lipinski definition) is 0. The lowest BCUT2D eigenvalue weighted by molar-refractivity contribution is -0.0785. The minimum atomic E-state index is 0.539. The summed E-state index contributed by atoms with van der Waals surface area (Å²) in [5.74, 6) is 0.597. The molecular weight excluding hydrogens is 354 g/mol. The van der Waals surface area contributed by atoms with E-state index in [2.05, 4.69) is 11.1 Å². The second-order valence-electron chi connectivity index (χ2n) is 5.09. The van der Waals surface area contributed by atoms with E-state index in [1.54, 1.807) is 39.8 Å². The van der Waals surface area contributed by atoms with Gasteiger partial charge in [0.05, 0.1) is 5.56 Å². The van der Waals surface area contributed by atoms with Crippen LogP contribution in [0.5, 0.6) is 5.75 Å². The molecule has 0 spiro atoms. The van der Waals surface area contributed by atoms with Crippen LogP contribution in [0.4, 0.5) is 0 Å². The number of benzene rings is 1. The lowest BCUT2D eigenvalue weighted by Crippen LogP contribution is -1.94. The van der Waals surface area contributed by atoms with Crippen molar-refractivity contribution in [3.8, 4) is 22.3 Å². The summed E-state index contributed by atoms with van der Waals surface area (Å²) < 4.78 is 6.88. The van der Waals surface area contributed by atoms with Gasteiger partial charge in [-0.1, -0.05) is 28.6 Å². The quantitative estimate of drug-likeness (QED) is 0.281. The van der Waals surface area contributed by atoms with Crippen LogP contribution in [0.3, 0.4) is 0 Å². The molecule has 0 aliphatic carbocycles. The molecule has 0 fully saturated rings. The number of rotatable bonds is 5. The fourth-order valence-corrected chi connectivity index (χ4v) is 3.61. The third kappa shape index (κ3) is 3.23. The molecule has 4 aromatic rings. The van der Waals surface area contributed by atoms with Gasteiger partial charge in [0.15, 0.2) is 23.6 Å². The van der Waals surface area contributed by atoms with Gasteiger partial charge in [-0.25, -0.2) is 8.96 Å². The van der Waals surface area contributed by atoms with Crippen LogP contribution < -0.4 is 4.89 Å². The molecule has 0 bridgehead atoms.